The van der Waals surface area contributed by atoms with Crippen molar-refractivity contribution >= 4 is 21.7 Å². The van der Waals surface area contributed by atoms with Crippen molar-refractivity contribution < 1.29 is 0 Å². The van der Waals surface area contributed by atoms with Crippen LogP contribution in [0.3, 0.4) is 0 Å². The average Bonchev–Trinajstić information content (AvgIpc) is 2.69. The Hall–Kier alpha value is -1.36. The molecule has 5 heteroatoms. The van der Waals surface area contributed by atoms with Crippen molar-refractivity contribution in [3.8, 4) is 0 Å². The zero-order chi connectivity index (χ0) is 12.7. The first-order valence-electron chi connectivity index (χ1n) is 6.53. The number of nitrogen functional groups attached to an aromatic ring is 1. The van der Waals surface area contributed by atoms with E-state index in [2.05, 4.69) is 11.9 Å². The van der Waals surface area contributed by atoms with Crippen molar-refractivity contribution in [2.75, 3.05) is 5.84 Å². The number of imidazole rings is 1. The number of hydrogen-bond acceptors (Lipinski definition) is 4. The number of hydrogen-bond donors (Lipinski definition) is 1. The highest BCUT2D eigenvalue weighted by Gasteiger charge is 2.20. The summed E-state index contributed by atoms with van der Waals surface area (Å²) in [6.07, 6.45) is 6.02. The van der Waals surface area contributed by atoms with Crippen LogP contribution in [0.2, 0.25) is 0 Å². The molecule has 0 bridgehead atoms. The molecular weight excluding hydrogens is 246 g/mol. The molecule has 18 heavy (non-hydrogen) atoms. The molecule has 0 unspecified atom stereocenters. The van der Waals surface area contributed by atoms with Crippen LogP contribution < -0.4 is 11.3 Å². The molecule has 0 spiro atoms. The summed E-state index contributed by atoms with van der Waals surface area (Å²) in [4.78, 5) is 18.9. The zero-order valence-corrected chi connectivity index (χ0v) is 11.3. The zero-order valence-electron chi connectivity index (χ0n) is 10.5. The van der Waals surface area contributed by atoms with E-state index >= 15 is 0 Å². The van der Waals surface area contributed by atoms with E-state index in [0.29, 0.717) is 5.52 Å². The third-order valence-electron chi connectivity index (χ3n) is 3.54. The summed E-state index contributed by atoms with van der Waals surface area (Å²) >= 11 is 1.65. The van der Waals surface area contributed by atoms with Gasteiger partial charge in [0.15, 0.2) is 0 Å². The van der Waals surface area contributed by atoms with E-state index in [1.165, 1.54) is 11.3 Å². The van der Waals surface area contributed by atoms with Gasteiger partial charge in [-0.2, -0.15) is 0 Å². The van der Waals surface area contributed by atoms with E-state index < -0.39 is 0 Å². The summed E-state index contributed by atoms with van der Waals surface area (Å²) in [7, 11) is 0. The van der Waals surface area contributed by atoms with E-state index in [1.807, 2.05) is 0 Å². The van der Waals surface area contributed by atoms with Crippen molar-refractivity contribution in [2.24, 2.45) is 0 Å². The van der Waals surface area contributed by atoms with Crippen molar-refractivity contribution in [3.05, 3.63) is 26.5 Å². The lowest BCUT2D eigenvalue weighted by Crippen LogP contribution is -2.16. The van der Waals surface area contributed by atoms with Crippen LogP contribution in [0.25, 0.3) is 10.3 Å². The third-order valence-corrected chi connectivity index (χ3v) is 4.82. The highest BCUT2D eigenvalue weighted by atomic mass is 32.1. The topological polar surface area (TPSA) is 60.9 Å². The molecule has 0 fully saturated rings. The van der Waals surface area contributed by atoms with Gasteiger partial charge in [-0.15, -0.1) is 11.3 Å². The summed E-state index contributed by atoms with van der Waals surface area (Å²) in [6, 6.07) is 0. The first-order valence-corrected chi connectivity index (χ1v) is 7.35. The van der Waals surface area contributed by atoms with Crippen LogP contribution in [0, 0.1) is 0 Å². The van der Waals surface area contributed by atoms with E-state index in [4.69, 9.17) is 5.84 Å². The standard InChI is InChI=1S/C13H17N3OS/c1-2-5-10-15-11-12(17)8-6-3-4-7-9(8)18-13(11)16(10)14/h2-7,14H2,1H3. The number of aryl methyl sites for hydroxylation is 2. The largest absolute Gasteiger partial charge is 0.337 e. The van der Waals surface area contributed by atoms with Gasteiger partial charge in [0, 0.05) is 16.9 Å². The Bertz CT molecular complexity index is 656. The molecule has 2 aromatic heterocycles. The van der Waals surface area contributed by atoms with Crippen LogP contribution in [-0.2, 0) is 19.3 Å². The lowest BCUT2D eigenvalue weighted by Gasteiger charge is -2.13. The fourth-order valence-corrected chi connectivity index (χ4v) is 3.83. The van der Waals surface area contributed by atoms with Gasteiger partial charge >= 0.3 is 0 Å². The second-order valence-corrected chi connectivity index (χ2v) is 5.93. The highest BCUT2D eigenvalue weighted by Crippen LogP contribution is 2.27. The van der Waals surface area contributed by atoms with Crippen LogP contribution in [0.4, 0.5) is 0 Å². The van der Waals surface area contributed by atoms with Gasteiger partial charge in [0.25, 0.3) is 0 Å². The fraction of sp³-hybridized carbons (Fsp3) is 0.538. The Kier molecular flexibility index (Phi) is 2.86. The maximum Gasteiger partial charge on any atom is 0.211 e. The summed E-state index contributed by atoms with van der Waals surface area (Å²) in [5, 5.41) is 0. The summed E-state index contributed by atoms with van der Waals surface area (Å²) in [6.45, 7) is 2.09. The molecule has 0 aliphatic heterocycles. The molecule has 2 aromatic rings. The maximum absolute atomic E-state index is 12.4. The maximum atomic E-state index is 12.4. The van der Waals surface area contributed by atoms with E-state index in [-0.39, 0.29) is 5.43 Å². The van der Waals surface area contributed by atoms with Gasteiger partial charge in [-0.25, -0.2) is 9.66 Å². The minimum atomic E-state index is 0.111. The van der Waals surface area contributed by atoms with Crippen molar-refractivity contribution in [1.29, 1.82) is 0 Å². The molecule has 0 saturated carbocycles. The van der Waals surface area contributed by atoms with Gasteiger partial charge in [-0.3, -0.25) is 4.79 Å². The SMILES string of the molecule is CCCc1nc2c(=O)c3c(sc2n1N)CCCC3. The number of rotatable bonds is 2. The smallest absolute Gasteiger partial charge is 0.211 e. The van der Waals surface area contributed by atoms with Crippen LogP contribution >= 0.6 is 11.3 Å². The van der Waals surface area contributed by atoms with E-state index in [1.54, 1.807) is 16.0 Å². The molecule has 1 aliphatic carbocycles. The first kappa shape index (κ1) is 11.7. The predicted molar refractivity (Wildman–Crippen MR) is 74.7 cm³/mol. The molecule has 0 aromatic carbocycles. The van der Waals surface area contributed by atoms with Crippen LogP contribution in [0.5, 0.6) is 0 Å². The minimum absolute atomic E-state index is 0.111. The molecule has 0 radical (unpaired) electrons. The number of aromatic nitrogens is 2. The van der Waals surface area contributed by atoms with Gasteiger partial charge in [0.2, 0.25) is 5.43 Å². The fourth-order valence-electron chi connectivity index (χ4n) is 2.60. The Morgan fingerprint density at radius 2 is 2.17 bits per heavy atom. The molecule has 96 valence electrons. The lowest BCUT2D eigenvalue weighted by atomic mass is 9.98. The second kappa shape index (κ2) is 4.39. The normalized spacial score (nSPS) is 14.9. The second-order valence-electron chi connectivity index (χ2n) is 4.84. The lowest BCUT2D eigenvalue weighted by molar-refractivity contribution is 0.692. The van der Waals surface area contributed by atoms with Gasteiger partial charge < -0.3 is 5.84 Å². The van der Waals surface area contributed by atoms with E-state index in [9.17, 15) is 4.79 Å². The minimum Gasteiger partial charge on any atom is -0.337 e. The number of nitrogens with zero attached hydrogens (tertiary/aromatic N) is 2. The van der Waals surface area contributed by atoms with Gasteiger partial charge in [-0.1, -0.05) is 6.92 Å². The van der Waals surface area contributed by atoms with Gasteiger partial charge in [0.05, 0.1) is 0 Å². The Morgan fingerprint density at radius 1 is 1.39 bits per heavy atom. The molecule has 2 N–H and O–H groups in total. The van der Waals surface area contributed by atoms with Crippen LogP contribution in [-0.4, -0.2) is 9.66 Å². The molecule has 0 saturated heterocycles. The molecule has 1 aliphatic rings. The Morgan fingerprint density at radius 3 is 2.94 bits per heavy atom. The molecule has 2 heterocycles. The molecule has 0 atom stereocenters. The quantitative estimate of drug-likeness (QED) is 0.843. The Labute approximate surface area is 109 Å². The van der Waals surface area contributed by atoms with Gasteiger partial charge in [0.1, 0.15) is 16.2 Å². The average molecular weight is 263 g/mol. The monoisotopic (exact) mass is 263 g/mol. The molecular formula is C13H17N3OS. The summed E-state index contributed by atoms with van der Waals surface area (Å²) in [5.74, 6) is 6.88. The molecule has 3 rings (SSSR count). The van der Waals surface area contributed by atoms with Gasteiger partial charge in [-0.05, 0) is 32.1 Å². The van der Waals surface area contributed by atoms with Crippen LogP contribution in [0.1, 0.15) is 42.5 Å². The summed E-state index contributed by atoms with van der Waals surface area (Å²) in [5.41, 5.74) is 1.67. The molecule has 0 amide bonds. The summed E-state index contributed by atoms with van der Waals surface area (Å²) < 4.78 is 1.61. The van der Waals surface area contributed by atoms with E-state index in [0.717, 1.165) is 48.3 Å². The highest BCUT2D eigenvalue weighted by molar-refractivity contribution is 7.18. The molecule has 4 nitrogen and oxygen atoms in total. The van der Waals surface area contributed by atoms with Crippen LogP contribution in [0.15, 0.2) is 4.79 Å². The van der Waals surface area contributed by atoms with Crippen molar-refractivity contribution in [3.63, 3.8) is 0 Å². The Balaban J connectivity index is 2.29. The number of nitrogens with two attached hydrogens (primary N) is 1. The predicted octanol–water partition coefficient (Wildman–Crippen LogP) is 2.00. The van der Waals surface area contributed by atoms with Crippen molar-refractivity contribution in [1.82, 2.24) is 9.66 Å². The van der Waals surface area contributed by atoms with Crippen molar-refractivity contribution in [2.45, 2.75) is 45.4 Å². The third kappa shape index (κ3) is 1.65. The first-order chi connectivity index (χ1) is 8.72. The number of fused-ring (bicyclic) bond motifs is 2.